The van der Waals surface area contributed by atoms with E-state index in [1.54, 1.807) is 36.3 Å². The highest BCUT2D eigenvalue weighted by Gasteiger charge is 2.36. The molecule has 0 aliphatic carbocycles. The summed E-state index contributed by atoms with van der Waals surface area (Å²) in [7, 11) is 1.56. The molecule has 0 spiro atoms. The Balaban J connectivity index is 1.74. The molecule has 1 atom stereocenters. The van der Waals surface area contributed by atoms with Crippen molar-refractivity contribution in [2.24, 2.45) is 5.92 Å². The second kappa shape index (κ2) is 7.15. The molecule has 1 N–H and O–H groups in total. The highest BCUT2D eigenvalue weighted by molar-refractivity contribution is 6.30. The predicted octanol–water partition coefficient (Wildman–Crippen LogP) is 3.65. The van der Waals surface area contributed by atoms with Crippen molar-refractivity contribution >= 4 is 34.8 Å². The van der Waals surface area contributed by atoms with E-state index in [1.165, 1.54) is 0 Å². The van der Waals surface area contributed by atoms with Gasteiger partial charge in [-0.05, 0) is 42.8 Å². The van der Waals surface area contributed by atoms with Gasteiger partial charge in [0.15, 0.2) is 0 Å². The van der Waals surface area contributed by atoms with E-state index in [-0.39, 0.29) is 18.2 Å². The lowest BCUT2D eigenvalue weighted by molar-refractivity contribution is -0.122. The lowest BCUT2D eigenvalue weighted by Gasteiger charge is -2.19. The third kappa shape index (κ3) is 3.61. The van der Waals surface area contributed by atoms with Gasteiger partial charge in [0.1, 0.15) is 5.75 Å². The van der Waals surface area contributed by atoms with Gasteiger partial charge in [0, 0.05) is 23.7 Å². The minimum absolute atomic E-state index is 0.0857. The van der Waals surface area contributed by atoms with Crippen LogP contribution in [0.3, 0.4) is 0 Å². The summed E-state index contributed by atoms with van der Waals surface area (Å²) in [5, 5.41) is 3.51. The van der Waals surface area contributed by atoms with E-state index in [1.807, 2.05) is 25.1 Å². The van der Waals surface area contributed by atoms with Crippen LogP contribution >= 0.6 is 11.6 Å². The summed E-state index contributed by atoms with van der Waals surface area (Å²) in [5.74, 6) is -0.0495. The Labute approximate surface area is 151 Å². The van der Waals surface area contributed by atoms with Crippen molar-refractivity contribution in [2.75, 3.05) is 23.9 Å². The van der Waals surface area contributed by atoms with Crippen LogP contribution in [0.5, 0.6) is 5.75 Å². The quantitative estimate of drug-likeness (QED) is 0.907. The van der Waals surface area contributed by atoms with Gasteiger partial charge in [-0.1, -0.05) is 23.7 Å². The summed E-state index contributed by atoms with van der Waals surface area (Å²) in [6.45, 7) is 2.21. The van der Waals surface area contributed by atoms with Crippen molar-refractivity contribution < 1.29 is 14.3 Å². The van der Waals surface area contributed by atoms with Crippen LogP contribution in [0, 0.1) is 12.8 Å². The number of ether oxygens (including phenoxy) is 1. The van der Waals surface area contributed by atoms with E-state index in [9.17, 15) is 9.59 Å². The molecule has 5 nitrogen and oxygen atoms in total. The fourth-order valence-corrected chi connectivity index (χ4v) is 3.20. The Bertz CT molecular complexity index is 822. The van der Waals surface area contributed by atoms with Crippen molar-refractivity contribution in [1.29, 1.82) is 0 Å². The molecule has 0 aromatic heterocycles. The maximum Gasteiger partial charge on any atom is 0.229 e. The van der Waals surface area contributed by atoms with Gasteiger partial charge in [0.2, 0.25) is 11.8 Å². The lowest BCUT2D eigenvalue weighted by Crippen LogP contribution is -2.28. The Hall–Kier alpha value is -2.53. The van der Waals surface area contributed by atoms with Crippen LogP contribution in [0.4, 0.5) is 11.4 Å². The van der Waals surface area contributed by atoms with E-state index in [2.05, 4.69) is 5.32 Å². The summed E-state index contributed by atoms with van der Waals surface area (Å²) in [6.07, 6.45) is 0.177. The summed E-state index contributed by atoms with van der Waals surface area (Å²) < 4.78 is 5.32. The van der Waals surface area contributed by atoms with Crippen LogP contribution in [0.25, 0.3) is 0 Å². The van der Waals surface area contributed by atoms with E-state index >= 15 is 0 Å². The number of hydrogen-bond acceptors (Lipinski definition) is 3. The number of anilines is 2. The third-order valence-corrected chi connectivity index (χ3v) is 4.55. The normalized spacial score (nSPS) is 16.8. The molecule has 3 rings (SSSR count). The topological polar surface area (TPSA) is 58.6 Å². The number of carbonyl (C=O) groups excluding carboxylic acids is 2. The minimum atomic E-state index is -0.410. The standard InChI is InChI=1S/C19H19ClN2O3/c1-12-9-14(20)7-8-15(12)21-19(24)13-10-18(23)22(11-13)16-5-3-4-6-17(16)25-2/h3-9,13H,10-11H2,1-2H3,(H,21,24)/t13-/m1/s1. The number of carbonyl (C=O) groups is 2. The number of rotatable bonds is 4. The molecule has 0 saturated carbocycles. The molecule has 2 aromatic rings. The van der Waals surface area contributed by atoms with Crippen molar-refractivity contribution in [3.05, 3.63) is 53.1 Å². The van der Waals surface area contributed by atoms with Gasteiger partial charge < -0.3 is 15.0 Å². The number of halogens is 1. The monoisotopic (exact) mass is 358 g/mol. The van der Waals surface area contributed by atoms with Crippen LogP contribution < -0.4 is 15.0 Å². The molecule has 1 aliphatic heterocycles. The van der Waals surface area contributed by atoms with Crippen molar-refractivity contribution in [1.82, 2.24) is 0 Å². The molecule has 0 unspecified atom stereocenters. The average Bonchev–Trinajstić information content (AvgIpc) is 2.99. The van der Waals surface area contributed by atoms with Gasteiger partial charge in [-0.3, -0.25) is 9.59 Å². The van der Waals surface area contributed by atoms with Gasteiger partial charge >= 0.3 is 0 Å². The minimum Gasteiger partial charge on any atom is -0.495 e. The molecule has 25 heavy (non-hydrogen) atoms. The van der Waals surface area contributed by atoms with E-state index < -0.39 is 5.92 Å². The first-order valence-corrected chi connectivity index (χ1v) is 8.38. The largest absolute Gasteiger partial charge is 0.495 e. The third-order valence-electron chi connectivity index (χ3n) is 4.32. The van der Waals surface area contributed by atoms with Gasteiger partial charge in [-0.15, -0.1) is 0 Å². The fourth-order valence-electron chi connectivity index (χ4n) is 2.97. The predicted molar refractivity (Wildman–Crippen MR) is 98.3 cm³/mol. The first-order valence-electron chi connectivity index (χ1n) is 8.00. The smallest absolute Gasteiger partial charge is 0.229 e. The molecule has 130 valence electrons. The number of para-hydroxylation sites is 2. The van der Waals surface area contributed by atoms with Gasteiger partial charge in [0.25, 0.3) is 0 Å². The molecular formula is C19H19ClN2O3. The van der Waals surface area contributed by atoms with E-state index in [4.69, 9.17) is 16.3 Å². The Kier molecular flexibility index (Phi) is 4.95. The average molecular weight is 359 g/mol. The summed E-state index contributed by atoms with van der Waals surface area (Å²) in [6, 6.07) is 12.6. The lowest BCUT2D eigenvalue weighted by atomic mass is 10.1. The van der Waals surface area contributed by atoms with Crippen molar-refractivity contribution in [3.8, 4) is 5.75 Å². The molecule has 2 aromatic carbocycles. The van der Waals surface area contributed by atoms with E-state index in [0.717, 1.165) is 5.56 Å². The molecule has 0 bridgehead atoms. The Morgan fingerprint density at radius 3 is 2.76 bits per heavy atom. The second-order valence-electron chi connectivity index (χ2n) is 6.03. The molecule has 0 radical (unpaired) electrons. The van der Waals surface area contributed by atoms with Crippen LogP contribution in [-0.2, 0) is 9.59 Å². The van der Waals surface area contributed by atoms with Crippen LogP contribution in [0.1, 0.15) is 12.0 Å². The number of methoxy groups -OCH3 is 1. The van der Waals surface area contributed by atoms with Crippen LogP contribution in [-0.4, -0.2) is 25.5 Å². The molecular weight excluding hydrogens is 340 g/mol. The molecule has 1 heterocycles. The number of aryl methyl sites for hydroxylation is 1. The molecule has 2 amide bonds. The number of amides is 2. The molecule has 1 aliphatic rings. The summed E-state index contributed by atoms with van der Waals surface area (Å²) >= 11 is 5.94. The van der Waals surface area contributed by atoms with Crippen LogP contribution in [0.2, 0.25) is 5.02 Å². The summed E-state index contributed by atoms with van der Waals surface area (Å²) in [5.41, 5.74) is 2.28. The number of hydrogen-bond donors (Lipinski definition) is 1. The number of benzene rings is 2. The zero-order chi connectivity index (χ0) is 18.0. The summed E-state index contributed by atoms with van der Waals surface area (Å²) in [4.78, 5) is 26.6. The fraction of sp³-hybridized carbons (Fsp3) is 0.263. The zero-order valence-electron chi connectivity index (χ0n) is 14.1. The van der Waals surface area contributed by atoms with Gasteiger partial charge in [-0.25, -0.2) is 0 Å². The Morgan fingerprint density at radius 1 is 1.28 bits per heavy atom. The molecule has 6 heteroatoms. The molecule has 1 saturated heterocycles. The van der Waals surface area contributed by atoms with E-state index in [0.29, 0.717) is 28.7 Å². The number of nitrogens with one attached hydrogen (secondary N) is 1. The maximum absolute atomic E-state index is 12.6. The SMILES string of the molecule is COc1ccccc1N1C[C@H](C(=O)Nc2ccc(Cl)cc2C)CC1=O. The molecule has 1 fully saturated rings. The van der Waals surface area contributed by atoms with Crippen LogP contribution in [0.15, 0.2) is 42.5 Å². The highest BCUT2D eigenvalue weighted by Crippen LogP contribution is 2.33. The highest BCUT2D eigenvalue weighted by atomic mass is 35.5. The second-order valence-corrected chi connectivity index (χ2v) is 6.46. The maximum atomic E-state index is 12.6. The first kappa shape index (κ1) is 17.3. The van der Waals surface area contributed by atoms with Gasteiger partial charge in [-0.2, -0.15) is 0 Å². The van der Waals surface area contributed by atoms with Crippen molar-refractivity contribution in [3.63, 3.8) is 0 Å². The zero-order valence-corrected chi connectivity index (χ0v) is 14.8. The van der Waals surface area contributed by atoms with Gasteiger partial charge in [0.05, 0.1) is 18.7 Å². The van der Waals surface area contributed by atoms with Crippen molar-refractivity contribution in [2.45, 2.75) is 13.3 Å². The number of nitrogens with zero attached hydrogens (tertiary/aromatic N) is 1. The Morgan fingerprint density at radius 2 is 2.04 bits per heavy atom. The first-order chi connectivity index (χ1) is 12.0.